The first kappa shape index (κ1) is 25.2. The van der Waals surface area contributed by atoms with E-state index < -0.39 is 10.0 Å². The summed E-state index contributed by atoms with van der Waals surface area (Å²) in [5, 5.41) is 8.66. The van der Waals surface area contributed by atoms with Gasteiger partial charge in [-0.1, -0.05) is 37.3 Å². The fraction of sp³-hybridized carbons (Fsp3) is 0.179. The Balaban J connectivity index is 1.57. The van der Waals surface area contributed by atoms with Crippen molar-refractivity contribution in [3.63, 3.8) is 0 Å². The molecule has 0 bridgehead atoms. The molecular weight excluding hydrogens is 500 g/mol. The molecule has 38 heavy (non-hydrogen) atoms. The number of aromatic nitrogens is 4. The van der Waals surface area contributed by atoms with E-state index in [1.807, 2.05) is 35.0 Å². The zero-order valence-corrected chi connectivity index (χ0v) is 22.2. The van der Waals surface area contributed by atoms with Crippen LogP contribution in [-0.2, 0) is 16.6 Å². The Bertz CT molecular complexity index is 1670. The Hall–Kier alpha value is -4.44. The maximum absolute atomic E-state index is 13.5. The fourth-order valence-electron chi connectivity index (χ4n) is 4.10. The summed E-state index contributed by atoms with van der Waals surface area (Å²) in [6, 6.07) is 23.3. The lowest BCUT2D eigenvalue weighted by Crippen LogP contribution is -2.26. The second kappa shape index (κ2) is 10.5. The SMILES string of the molecule is CCCn1ncc2c(Nc3ccccc3)nc(-c3cccc(S(=O)(=O)N(C)c4ccc(OC)cc4)c3)nc21. The smallest absolute Gasteiger partial charge is 0.264 e. The van der Waals surface area contributed by atoms with Gasteiger partial charge in [0.1, 0.15) is 11.6 Å². The molecule has 0 aliphatic rings. The molecule has 0 aliphatic heterocycles. The Labute approximate surface area is 221 Å². The third-order valence-electron chi connectivity index (χ3n) is 6.15. The van der Waals surface area contributed by atoms with Crippen LogP contribution < -0.4 is 14.4 Å². The monoisotopic (exact) mass is 528 g/mol. The number of sulfonamides is 1. The highest BCUT2D eigenvalue weighted by Gasteiger charge is 2.23. The fourth-order valence-corrected chi connectivity index (χ4v) is 5.34. The maximum Gasteiger partial charge on any atom is 0.264 e. The van der Waals surface area contributed by atoms with E-state index in [9.17, 15) is 8.42 Å². The van der Waals surface area contributed by atoms with Crippen molar-refractivity contribution in [2.45, 2.75) is 24.8 Å². The van der Waals surface area contributed by atoms with Crippen molar-refractivity contribution in [3.05, 3.63) is 85.1 Å². The van der Waals surface area contributed by atoms with E-state index in [1.54, 1.807) is 61.8 Å². The molecule has 0 radical (unpaired) electrons. The van der Waals surface area contributed by atoms with Gasteiger partial charge in [-0.2, -0.15) is 5.10 Å². The first-order valence-electron chi connectivity index (χ1n) is 12.2. The van der Waals surface area contributed by atoms with Crippen molar-refractivity contribution in [2.75, 3.05) is 23.8 Å². The molecule has 2 aromatic heterocycles. The Kier molecular flexibility index (Phi) is 6.97. The Morgan fingerprint density at radius 3 is 2.45 bits per heavy atom. The van der Waals surface area contributed by atoms with Crippen LogP contribution in [0.25, 0.3) is 22.4 Å². The lowest BCUT2D eigenvalue weighted by molar-refractivity contribution is 0.415. The second-order valence-corrected chi connectivity index (χ2v) is 10.7. The van der Waals surface area contributed by atoms with E-state index in [-0.39, 0.29) is 4.90 Å². The second-order valence-electron chi connectivity index (χ2n) is 8.69. The van der Waals surface area contributed by atoms with Crippen LogP contribution in [0.15, 0.2) is 90.0 Å². The van der Waals surface area contributed by atoms with Crippen LogP contribution >= 0.6 is 0 Å². The average Bonchev–Trinajstić information content (AvgIpc) is 3.36. The number of para-hydroxylation sites is 1. The first-order valence-corrected chi connectivity index (χ1v) is 13.6. The summed E-state index contributed by atoms with van der Waals surface area (Å²) in [6.45, 7) is 2.78. The van der Waals surface area contributed by atoms with Gasteiger partial charge in [-0.25, -0.2) is 23.1 Å². The number of fused-ring (bicyclic) bond motifs is 1. The standard InChI is InChI=1S/C28H28N6O3S/c1-4-17-34-28-25(19-29-34)27(30-21-10-6-5-7-11-21)31-26(32-28)20-9-8-12-24(18-20)38(35,36)33(2)22-13-15-23(37-3)16-14-22/h5-16,18-19H,4,17H2,1-3H3,(H,30,31,32). The normalized spacial score (nSPS) is 11.4. The van der Waals surface area contributed by atoms with Gasteiger partial charge in [0.15, 0.2) is 11.5 Å². The summed E-state index contributed by atoms with van der Waals surface area (Å²) in [4.78, 5) is 9.72. The summed E-state index contributed by atoms with van der Waals surface area (Å²) in [7, 11) is -0.754. The van der Waals surface area contributed by atoms with Crippen molar-refractivity contribution >= 4 is 38.2 Å². The summed E-state index contributed by atoms with van der Waals surface area (Å²) >= 11 is 0. The van der Waals surface area contributed by atoms with E-state index in [4.69, 9.17) is 14.7 Å². The molecule has 0 unspecified atom stereocenters. The predicted octanol–water partition coefficient (Wildman–Crippen LogP) is 5.48. The van der Waals surface area contributed by atoms with Crippen molar-refractivity contribution in [2.24, 2.45) is 0 Å². The van der Waals surface area contributed by atoms with Crippen molar-refractivity contribution in [1.82, 2.24) is 19.7 Å². The lowest BCUT2D eigenvalue weighted by atomic mass is 10.2. The van der Waals surface area contributed by atoms with Crippen LogP contribution in [-0.4, -0.2) is 42.3 Å². The molecule has 0 amide bonds. The minimum atomic E-state index is -3.85. The molecule has 0 atom stereocenters. The predicted molar refractivity (Wildman–Crippen MR) is 149 cm³/mol. The number of ether oxygens (including phenoxy) is 1. The molecule has 9 nitrogen and oxygen atoms in total. The number of hydrogen-bond acceptors (Lipinski definition) is 7. The summed E-state index contributed by atoms with van der Waals surface area (Å²) in [6.07, 6.45) is 2.65. The number of rotatable bonds is 9. The molecule has 0 fully saturated rings. The van der Waals surface area contributed by atoms with E-state index >= 15 is 0 Å². The van der Waals surface area contributed by atoms with Crippen LogP contribution in [0.3, 0.4) is 0 Å². The first-order chi connectivity index (χ1) is 18.4. The number of methoxy groups -OCH3 is 1. The van der Waals surface area contributed by atoms with Gasteiger partial charge in [-0.3, -0.25) is 4.31 Å². The minimum absolute atomic E-state index is 0.136. The van der Waals surface area contributed by atoms with Gasteiger partial charge >= 0.3 is 0 Å². The van der Waals surface area contributed by atoms with Crippen LogP contribution in [0.5, 0.6) is 5.75 Å². The topological polar surface area (TPSA) is 102 Å². The number of aryl methyl sites for hydroxylation is 1. The highest BCUT2D eigenvalue weighted by atomic mass is 32.2. The third kappa shape index (κ3) is 4.90. The third-order valence-corrected chi connectivity index (χ3v) is 7.94. The molecule has 0 saturated heterocycles. The molecule has 194 valence electrons. The van der Waals surface area contributed by atoms with Crippen molar-refractivity contribution < 1.29 is 13.2 Å². The van der Waals surface area contributed by atoms with Gasteiger partial charge in [-0.05, 0) is 55.0 Å². The van der Waals surface area contributed by atoms with Crippen molar-refractivity contribution in [3.8, 4) is 17.1 Å². The zero-order chi connectivity index (χ0) is 26.7. The average molecular weight is 529 g/mol. The molecule has 0 aliphatic carbocycles. The van der Waals surface area contributed by atoms with E-state index in [0.717, 1.165) is 17.5 Å². The van der Waals surface area contributed by atoms with Gasteiger partial charge in [0.05, 0.1) is 29.3 Å². The van der Waals surface area contributed by atoms with Crippen LogP contribution in [0.1, 0.15) is 13.3 Å². The van der Waals surface area contributed by atoms with Gasteiger partial charge in [0.2, 0.25) is 0 Å². The van der Waals surface area contributed by atoms with Gasteiger partial charge in [0, 0.05) is 24.8 Å². The van der Waals surface area contributed by atoms with Crippen LogP contribution in [0, 0.1) is 0 Å². The molecule has 0 saturated carbocycles. The van der Waals surface area contributed by atoms with E-state index in [2.05, 4.69) is 17.3 Å². The van der Waals surface area contributed by atoms with E-state index in [1.165, 1.54) is 11.4 Å². The molecule has 5 rings (SSSR count). The molecular formula is C28H28N6O3S. The molecule has 0 spiro atoms. The van der Waals surface area contributed by atoms with Crippen LogP contribution in [0.2, 0.25) is 0 Å². The van der Waals surface area contributed by atoms with Gasteiger partial charge in [0.25, 0.3) is 10.0 Å². The summed E-state index contributed by atoms with van der Waals surface area (Å²) < 4.78 is 35.3. The zero-order valence-electron chi connectivity index (χ0n) is 21.4. The summed E-state index contributed by atoms with van der Waals surface area (Å²) in [5.41, 5.74) is 2.65. The molecule has 5 aromatic rings. The Morgan fingerprint density at radius 2 is 1.74 bits per heavy atom. The lowest BCUT2D eigenvalue weighted by Gasteiger charge is -2.20. The van der Waals surface area contributed by atoms with Gasteiger partial charge in [-0.15, -0.1) is 0 Å². The Morgan fingerprint density at radius 1 is 0.974 bits per heavy atom. The van der Waals surface area contributed by atoms with Crippen LogP contribution in [0.4, 0.5) is 17.2 Å². The van der Waals surface area contributed by atoms with Crippen molar-refractivity contribution in [1.29, 1.82) is 0 Å². The maximum atomic E-state index is 13.5. The quantitative estimate of drug-likeness (QED) is 0.270. The number of benzene rings is 3. The minimum Gasteiger partial charge on any atom is -0.497 e. The molecule has 1 N–H and O–H groups in total. The molecule has 2 heterocycles. The number of hydrogen-bond donors (Lipinski definition) is 1. The number of nitrogens with one attached hydrogen (secondary N) is 1. The highest BCUT2D eigenvalue weighted by Crippen LogP contribution is 2.30. The number of anilines is 3. The van der Waals surface area contributed by atoms with Gasteiger partial charge < -0.3 is 10.1 Å². The largest absolute Gasteiger partial charge is 0.497 e. The highest BCUT2D eigenvalue weighted by molar-refractivity contribution is 7.92. The molecule has 3 aromatic carbocycles. The molecule has 10 heteroatoms. The van der Waals surface area contributed by atoms with E-state index in [0.29, 0.717) is 40.8 Å². The summed E-state index contributed by atoms with van der Waals surface area (Å²) in [5.74, 6) is 1.65. The number of nitrogens with zero attached hydrogens (tertiary/aromatic N) is 5.